The summed E-state index contributed by atoms with van der Waals surface area (Å²) >= 11 is 1.49. The van der Waals surface area contributed by atoms with Gasteiger partial charge in [-0.1, -0.05) is 44.7 Å². The van der Waals surface area contributed by atoms with Gasteiger partial charge in [-0.3, -0.25) is 4.79 Å². The first kappa shape index (κ1) is 28.4. The number of anilines is 1. The predicted molar refractivity (Wildman–Crippen MR) is 142 cm³/mol. The highest BCUT2D eigenvalue weighted by molar-refractivity contribution is 8.04. The lowest BCUT2D eigenvalue weighted by Crippen LogP contribution is -2.20. The molecule has 0 fully saturated rings. The molecule has 1 unspecified atom stereocenters. The van der Waals surface area contributed by atoms with Gasteiger partial charge in [-0.2, -0.15) is 0 Å². The highest BCUT2D eigenvalue weighted by atomic mass is 32.2. The van der Waals surface area contributed by atoms with Crippen molar-refractivity contribution in [2.75, 3.05) is 39.2 Å². The van der Waals surface area contributed by atoms with Crippen molar-refractivity contribution in [3.8, 4) is 11.5 Å². The molecule has 0 bridgehead atoms. The molecule has 0 radical (unpaired) electrons. The standard InChI is InChI=1S/C24H33N3O3S.C2H6/c1-6-26-14-15-30-21-12-10-20(11-13-21)27-18(3)31-24(17(2)25-4)23(28)19-8-7-9-22(16-19)29-5;1-2/h7-13,16,18,25-27H,6,14-15H2,1-5H3;1-2H3/b24-17+;. The van der Waals surface area contributed by atoms with Gasteiger partial charge in [0.1, 0.15) is 18.1 Å². The molecule has 0 heterocycles. The fraction of sp³-hybridized carbons (Fsp3) is 0.423. The van der Waals surface area contributed by atoms with Crippen molar-refractivity contribution in [2.45, 2.75) is 40.0 Å². The number of carbonyl (C=O) groups is 1. The third kappa shape index (κ3) is 9.80. The molecule has 3 N–H and O–H groups in total. The Balaban J connectivity index is 0.00000265. The zero-order valence-electron chi connectivity index (χ0n) is 21.0. The number of hydrogen-bond acceptors (Lipinski definition) is 7. The number of Topliss-reactive ketones (excluding diaryl/α,β-unsaturated/α-hetero) is 1. The van der Waals surface area contributed by atoms with Crippen LogP contribution in [0.1, 0.15) is 45.0 Å². The summed E-state index contributed by atoms with van der Waals surface area (Å²) in [6.07, 6.45) is 0. The van der Waals surface area contributed by atoms with E-state index in [4.69, 9.17) is 9.47 Å². The maximum atomic E-state index is 13.2. The number of allylic oxidation sites excluding steroid dienone is 2. The first-order valence-electron chi connectivity index (χ1n) is 11.4. The molecule has 0 aliphatic heterocycles. The Morgan fingerprint density at radius 2 is 1.79 bits per heavy atom. The fourth-order valence-corrected chi connectivity index (χ4v) is 3.88. The van der Waals surface area contributed by atoms with Crippen molar-refractivity contribution in [1.29, 1.82) is 0 Å². The smallest absolute Gasteiger partial charge is 0.201 e. The number of carbonyl (C=O) groups excluding carboxylic acids is 1. The topological polar surface area (TPSA) is 71.6 Å². The lowest BCUT2D eigenvalue weighted by Gasteiger charge is -2.19. The Labute approximate surface area is 203 Å². The van der Waals surface area contributed by atoms with Crippen LogP contribution < -0.4 is 25.4 Å². The summed E-state index contributed by atoms with van der Waals surface area (Å²) in [5.74, 6) is 1.47. The third-order valence-corrected chi connectivity index (χ3v) is 5.77. The van der Waals surface area contributed by atoms with Crippen molar-refractivity contribution in [3.05, 3.63) is 64.7 Å². The number of thioether (sulfide) groups is 1. The van der Waals surface area contributed by atoms with E-state index < -0.39 is 0 Å². The average Bonchev–Trinajstić information content (AvgIpc) is 2.86. The molecule has 0 saturated carbocycles. The fourth-order valence-electron chi connectivity index (χ4n) is 2.83. The van der Waals surface area contributed by atoms with Crippen LogP contribution in [0.15, 0.2) is 59.1 Å². The number of likely N-dealkylation sites (N-methyl/N-ethyl adjacent to an activating group) is 1. The van der Waals surface area contributed by atoms with Crippen molar-refractivity contribution < 1.29 is 14.3 Å². The van der Waals surface area contributed by atoms with E-state index in [1.807, 2.05) is 71.1 Å². The zero-order valence-corrected chi connectivity index (χ0v) is 21.8. The summed E-state index contributed by atoms with van der Waals surface area (Å²) in [6.45, 7) is 12.4. The SMILES string of the molecule is CC.CCNCCOc1ccc(NC(C)S/C(C(=O)c2cccc(OC)c2)=C(\C)NC)cc1. The summed E-state index contributed by atoms with van der Waals surface area (Å²) in [7, 11) is 3.42. The van der Waals surface area contributed by atoms with Gasteiger partial charge in [-0.05, 0) is 56.8 Å². The van der Waals surface area contributed by atoms with E-state index in [9.17, 15) is 4.79 Å². The molecule has 0 saturated heterocycles. The summed E-state index contributed by atoms with van der Waals surface area (Å²) in [5.41, 5.74) is 2.40. The molecule has 0 aliphatic rings. The van der Waals surface area contributed by atoms with Crippen LogP contribution >= 0.6 is 11.8 Å². The van der Waals surface area contributed by atoms with Crippen LogP contribution in [0.2, 0.25) is 0 Å². The van der Waals surface area contributed by atoms with Gasteiger partial charge in [0.15, 0.2) is 0 Å². The van der Waals surface area contributed by atoms with Gasteiger partial charge in [-0.15, -0.1) is 0 Å². The number of ketones is 1. The van der Waals surface area contributed by atoms with E-state index in [0.717, 1.165) is 30.2 Å². The largest absolute Gasteiger partial charge is 0.497 e. The van der Waals surface area contributed by atoms with Gasteiger partial charge < -0.3 is 25.4 Å². The molecule has 33 heavy (non-hydrogen) atoms. The highest BCUT2D eigenvalue weighted by Crippen LogP contribution is 2.30. The van der Waals surface area contributed by atoms with E-state index in [1.54, 1.807) is 19.2 Å². The number of ether oxygens (including phenoxy) is 2. The summed E-state index contributed by atoms with van der Waals surface area (Å²) in [5, 5.41) is 9.76. The maximum Gasteiger partial charge on any atom is 0.201 e. The molecule has 0 aromatic heterocycles. The minimum atomic E-state index is -0.0335. The molecule has 2 rings (SSSR count). The van der Waals surface area contributed by atoms with Gasteiger partial charge >= 0.3 is 0 Å². The first-order chi connectivity index (χ1) is 16.0. The second kappa shape index (κ2) is 16.0. The minimum absolute atomic E-state index is 0.0200. The number of rotatable bonds is 13. The lowest BCUT2D eigenvalue weighted by molar-refractivity contribution is 0.104. The summed E-state index contributed by atoms with van der Waals surface area (Å²) in [6, 6.07) is 15.1. The van der Waals surface area contributed by atoms with Gasteiger partial charge in [0, 0.05) is 30.5 Å². The van der Waals surface area contributed by atoms with Gasteiger partial charge in [0.2, 0.25) is 5.78 Å². The molecule has 0 aliphatic carbocycles. The van der Waals surface area contributed by atoms with Crippen LogP contribution in [-0.2, 0) is 0 Å². The quantitative estimate of drug-likeness (QED) is 0.153. The van der Waals surface area contributed by atoms with Gasteiger partial charge in [0.05, 0.1) is 17.4 Å². The zero-order chi connectivity index (χ0) is 24.6. The highest BCUT2D eigenvalue weighted by Gasteiger charge is 2.19. The van der Waals surface area contributed by atoms with E-state index >= 15 is 0 Å². The van der Waals surface area contributed by atoms with Crippen molar-refractivity contribution in [2.24, 2.45) is 0 Å². The Kier molecular flexibility index (Phi) is 13.8. The maximum absolute atomic E-state index is 13.2. The normalized spacial score (nSPS) is 12.0. The Bertz CT molecular complexity index is 869. The molecule has 7 heteroatoms. The van der Waals surface area contributed by atoms with Crippen molar-refractivity contribution in [1.82, 2.24) is 10.6 Å². The van der Waals surface area contributed by atoms with Crippen LogP contribution in [0.25, 0.3) is 0 Å². The van der Waals surface area contributed by atoms with Gasteiger partial charge in [-0.25, -0.2) is 0 Å². The van der Waals surface area contributed by atoms with Crippen LogP contribution in [-0.4, -0.2) is 45.0 Å². The minimum Gasteiger partial charge on any atom is -0.497 e. The molecule has 2 aromatic carbocycles. The van der Waals surface area contributed by atoms with E-state index in [0.29, 0.717) is 22.8 Å². The molecule has 0 spiro atoms. The second-order valence-electron chi connectivity index (χ2n) is 6.90. The van der Waals surface area contributed by atoms with Crippen LogP contribution in [0.3, 0.4) is 0 Å². The molecule has 0 amide bonds. The Morgan fingerprint density at radius 3 is 2.39 bits per heavy atom. The molecule has 1 atom stereocenters. The Hall–Kier alpha value is -2.64. The van der Waals surface area contributed by atoms with E-state index in [-0.39, 0.29) is 11.2 Å². The van der Waals surface area contributed by atoms with Crippen LogP contribution in [0.4, 0.5) is 5.69 Å². The molecular formula is C26H39N3O3S. The molecular weight excluding hydrogens is 434 g/mol. The van der Waals surface area contributed by atoms with E-state index in [2.05, 4.69) is 22.9 Å². The van der Waals surface area contributed by atoms with Gasteiger partial charge in [0.25, 0.3) is 0 Å². The number of methoxy groups -OCH3 is 1. The van der Waals surface area contributed by atoms with Crippen LogP contribution in [0, 0.1) is 0 Å². The lowest BCUT2D eigenvalue weighted by atomic mass is 10.1. The average molecular weight is 474 g/mol. The van der Waals surface area contributed by atoms with Crippen LogP contribution in [0.5, 0.6) is 11.5 Å². The summed E-state index contributed by atoms with van der Waals surface area (Å²) in [4.78, 5) is 13.8. The molecule has 182 valence electrons. The van der Waals surface area contributed by atoms with Crippen molar-refractivity contribution >= 4 is 23.2 Å². The van der Waals surface area contributed by atoms with Crippen molar-refractivity contribution in [3.63, 3.8) is 0 Å². The monoisotopic (exact) mass is 473 g/mol. The number of nitrogens with one attached hydrogen (secondary N) is 3. The second-order valence-corrected chi connectivity index (χ2v) is 8.25. The molecule has 2 aromatic rings. The predicted octanol–water partition coefficient (Wildman–Crippen LogP) is 5.53. The first-order valence-corrected chi connectivity index (χ1v) is 12.3. The number of benzene rings is 2. The summed E-state index contributed by atoms with van der Waals surface area (Å²) < 4.78 is 11.0. The molecule has 6 nitrogen and oxygen atoms in total. The van der Waals surface area contributed by atoms with E-state index in [1.165, 1.54) is 11.8 Å². The Morgan fingerprint density at radius 1 is 1.09 bits per heavy atom. The third-order valence-electron chi connectivity index (χ3n) is 4.57. The number of hydrogen-bond donors (Lipinski definition) is 3.